The Morgan fingerprint density at radius 2 is 1.62 bits per heavy atom. The minimum absolute atomic E-state index is 0.0473. The molecule has 2 unspecified atom stereocenters. The fourth-order valence-electron chi connectivity index (χ4n) is 5.03. The van der Waals surface area contributed by atoms with Crippen molar-refractivity contribution in [3.8, 4) is 0 Å². The van der Waals surface area contributed by atoms with Gasteiger partial charge in [0.05, 0.1) is 0 Å². The van der Waals surface area contributed by atoms with Gasteiger partial charge in [-0.05, 0) is 63.9 Å². The average molecular weight is 375 g/mol. The van der Waals surface area contributed by atoms with Crippen LogP contribution in [0.4, 0.5) is 5.95 Å². The van der Waals surface area contributed by atoms with Gasteiger partial charge in [-0.25, -0.2) is 9.97 Å². The van der Waals surface area contributed by atoms with E-state index in [4.69, 9.17) is 9.97 Å². The number of thiol groups is 1. The van der Waals surface area contributed by atoms with E-state index in [1.165, 1.54) is 18.4 Å². The molecule has 2 bridgehead atoms. The molecule has 0 N–H and O–H groups in total. The van der Waals surface area contributed by atoms with Crippen molar-refractivity contribution in [2.24, 2.45) is 5.92 Å². The van der Waals surface area contributed by atoms with Gasteiger partial charge in [-0.3, -0.25) is 9.69 Å². The lowest BCUT2D eigenvalue weighted by Crippen LogP contribution is -2.56. The summed E-state index contributed by atoms with van der Waals surface area (Å²) in [5, 5.41) is 0.0473. The first kappa shape index (κ1) is 18.2. The molecule has 3 aliphatic rings. The van der Waals surface area contributed by atoms with Gasteiger partial charge in [0.1, 0.15) is 0 Å². The van der Waals surface area contributed by atoms with Crippen LogP contribution >= 0.6 is 12.6 Å². The Morgan fingerprint density at radius 1 is 1.04 bits per heavy atom. The van der Waals surface area contributed by atoms with E-state index in [2.05, 4.69) is 36.3 Å². The predicted molar refractivity (Wildman–Crippen MR) is 107 cm³/mol. The third kappa shape index (κ3) is 3.50. The molecule has 1 aromatic rings. The van der Waals surface area contributed by atoms with Crippen LogP contribution in [0, 0.1) is 5.92 Å². The van der Waals surface area contributed by atoms with Gasteiger partial charge in [-0.2, -0.15) is 0 Å². The summed E-state index contributed by atoms with van der Waals surface area (Å²) in [6.45, 7) is 6.83. The fraction of sp³-hybridized carbons (Fsp3) is 0.750. The Labute approximate surface area is 162 Å². The average Bonchev–Trinajstić information content (AvgIpc) is 2.91. The quantitative estimate of drug-likeness (QED) is 0.820. The van der Waals surface area contributed by atoms with Crippen LogP contribution in [0.2, 0.25) is 0 Å². The molecule has 1 aromatic heterocycles. The zero-order chi connectivity index (χ0) is 18.3. The zero-order valence-electron chi connectivity index (χ0n) is 15.8. The Hall–Kier alpha value is -1.14. The number of rotatable bonds is 4. The van der Waals surface area contributed by atoms with Gasteiger partial charge < -0.3 is 4.90 Å². The minimum atomic E-state index is 0.0473. The van der Waals surface area contributed by atoms with Crippen molar-refractivity contribution in [3.05, 3.63) is 18.0 Å². The van der Waals surface area contributed by atoms with E-state index in [1.807, 2.05) is 12.4 Å². The summed E-state index contributed by atoms with van der Waals surface area (Å²) in [6.07, 6.45) is 10.5. The van der Waals surface area contributed by atoms with Gasteiger partial charge in [-0.15, -0.1) is 12.6 Å². The highest BCUT2D eigenvalue weighted by molar-refractivity contribution is 7.96. The molecule has 2 saturated heterocycles. The molecular weight excluding hydrogens is 344 g/mol. The fourth-order valence-corrected chi connectivity index (χ4v) is 5.29. The Kier molecular flexibility index (Phi) is 5.24. The third-order valence-corrected chi connectivity index (χ3v) is 7.04. The normalized spacial score (nSPS) is 32.2. The first-order valence-corrected chi connectivity index (χ1v) is 10.5. The SMILES string of the molecule is CC(C)N1CC2CCC(C1)N2c1ncc([C@H]2CC[C@@H](C(=O)S)CC2)cn1. The van der Waals surface area contributed by atoms with E-state index in [0.717, 1.165) is 44.7 Å². The number of fused-ring (bicyclic) bond motifs is 2. The molecule has 3 heterocycles. The standard InChI is InChI=1S/C20H30N4OS/c1-13(2)23-11-17-7-8-18(12-23)24(17)20-21-9-16(10-22-20)14-3-5-15(6-4-14)19(25)26/h9-10,13-15,17-18H,3-8,11-12H2,1-2H3,(H,25,26)/t14-,15+,17?,18?. The van der Waals surface area contributed by atoms with Gasteiger partial charge >= 0.3 is 0 Å². The van der Waals surface area contributed by atoms with Crippen LogP contribution in [0.3, 0.4) is 0 Å². The number of hydrogen-bond donors (Lipinski definition) is 1. The highest BCUT2D eigenvalue weighted by Crippen LogP contribution is 2.37. The summed E-state index contributed by atoms with van der Waals surface area (Å²) in [4.78, 5) is 26.0. The van der Waals surface area contributed by atoms with Crippen LogP contribution in [-0.4, -0.2) is 51.2 Å². The number of carbonyl (C=O) groups excluding carboxylic acids is 1. The van der Waals surface area contributed by atoms with Crippen LogP contribution in [0.5, 0.6) is 0 Å². The number of hydrogen-bond acceptors (Lipinski definition) is 5. The molecule has 26 heavy (non-hydrogen) atoms. The summed E-state index contributed by atoms with van der Waals surface area (Å²) >= 11 is 4.00. The van der Waals surface area contributed by atoms with E-state index in [9.17, 15) is 4.79 Å². The van der Waals surface area contributed by atoms with Gasteiger partial charge in [0.2, 0.25) is 5.95 Å². The Balaban J connectivity index is 1.42. The summed E-state index contributed by atoms with van der Waals surface area (Å²) in [5.74, 6) is 1.54. The lowest BCUT2D eigenvalue weighted by molar-refractivity contribution is -0.115. The largest absolute Gasteiger partial charge is 0.332 e. The molecule has 2 aliphatic heterocycles. The molecular formula is C20H30N4OS. The van der Waals surface area contributed by atoms with Gasteiger partial charge in [0.25, 0.3) is 0 Å². The topological polar surface area (TPSA) is 49.3 Å². The van der Waals surface area contributed by atoms with Crippen LogP contribution in [-0.2, 0) is 4.79 Å². The molecule has 142 valence electrons. The summed E-state index contributed by atoms with van der Waals surface area (Å²) < 4.78 is 0. The second-order valence-electron chi connectivity index (χ2n) is 8.54. The van der Waals surface area contributed by atoms with Crippen molar-refractivity contribution in [2.75, 3.05) is 18.0 Å². The molecule has 0 aromatic carbocycles. The molecule has 5 nitrogen and oxygen atoms in total. The lowest BCUT2D eigenvalue weighted by Gasteiger charge is -2.42. The zero-order valence-corrected chi connectivity index (χ0v) is 16.7. The first-order chi connectivity index (χ1) is 12.5. The van der Waals surface area contributed by atoms with Gasteiger partial charge in [0.15, 0.2) is 5.12 Å². The third-order valence-electron chi connectivity index (χ3n) is 6.68. The maximum Gasteiger partial charge on any atom is 0.225 e. The van der Waals surface area contributed by atoms with Crippen LogP contribution < -0.4 is 4.90 Å². The molecule has 0 radical (unpaired) electrons. The van der Waals surface area contributed by atoms with Crippen molar-refractivity contribution in [2.45, 2.75) is 76.4 Å². The van der Waals surface area contributed by atoms with E-state index in [0.29, 0.717) is 24.0 Å². The first-order valence-electron chi connectivity index (χ1n) is 10.1. The predicted octanol–water partition coefficient (Wildman–Crippen LogP) is 3.27. The summed E-state index contributed by atoms with van der Waals surface area (Å²) in [7, 11) is 0. The highest BCUT2D eigenvalue weighted by atomic mass is 32.1. The number of piperazine rings is 1. The number of aromatic nitrogens is 2. The molecule has 2 atom stereocenters. The van der Waals surface area contributed by atoms with Crippen LogP contribution in [0.25, 0.3) is 0 Å². The van der Waals surface area contributed by atoms with Crippen molar-refractivity contribution in [1.82, 2.24) is 14.9 Å². The number of likely N-dealkylation sites (tertiary alicyclic amines) is 1. The van der Waals surface area contributed by atoms with Crippen LogP contribution in [0.15, 0.2) is 12.4 Å². The molecule has 1 saturated carbocycles. The summed E-state index contributed by atoms with van der Waals surface area (Å²) in [5.41, 5.74) is 1.23. The van der Waals surface area contributed by atoms with Gasteiger partial charge in [-0.1, -0.05) is 0 Å². The smallest absolute Gasteiger partial charge is 0.225 e. The summed E-state index contributed by atoms with van der Waals surface area (Å²) in [6, 6.07) is 1.72. The molecule has 3 fully saturated rings. The Morgan fingerprint density at radius 3 is 2.12 bits per heavy atom. The second kappa shape index (κ2) is 7.47. The van der Waals surface area contributed by atoms with E-state index < -0.39 is 0 Å². The van der Waals surface area contributed by atoms with Crippen molar-refractivity contribution in [1.29, 1.82) is 0 Å². The second-order valence-corrected chi connectivity index (χ2v) is 8.98. The Bertz CT molecular complexity index is 628. The minimum Gasteiger partial charge on any atom is -0.332 e. The number of anilines is 1. The lowest BCUT2D eigenvalue weighted by atomic mass is 9.80. The van der Waals surface area contributed by atoms with E-state index >= 15 is 0 Å². The molecule has 1 aliphatic carbocycles. The van der Waals surface area contributed by atoms with Crippen molar-refractivity contribution >= 4 is 23.7 Å². The van der Waals surface area contributed by atoms with E-state index in [-0.39, 0.29) is 11.0 Å². The molecule has 0 amide bonds. The maximum absolute atomic E-state index is 11.4. The maximum atomic E-state index is 11.4. The highest BCUT2D eigenvalue weighted by Gasteiger charge is 2.41. The van der Waals surface area contributed by atoms with Crippen LogP contribution in [0.1, 0.15) is 63.9 Å². The number of nitrogens with zero attached hydrogens (tertiary/aromatic N) is 4. The van der Waals surface area contributed by atoms with Gasteiger partial charge in [0, 0.05) is 49.5 Å². The number of carbonyl (C=O) groups is 1. The molecule has 4 rings (SSSR count). The molecule has 0 spiro atoms. The van der Waals surface area contributed by atoms with Crippen molar-refractivity contribution < 1.29 is 4.79 Å². The van der Waals surface area contributed by atoms with Crippen molar-refractivity contribution in [3.63, 3.8) is 0 Å². The van der Waals surface area contributed by atoms with E-state index in [1.54, 1.807) is 0 Å². The monoisotopic (exact) mass is 374 g/mol. The molecule has 6 heteroatoms.